The molecule has 3 rings (SSSR count). The van der Waals surface area contributed by atoms with Crippen LogP contribution < -0.4 is 5.43 Å². The number of rotatable bonds is 7. The predicted octanol–water partition coefficient (Wildman–Crippen LogP) is 4.65. The molecule has 0 aliphatic carbocycles. The average molecular weight is 335 g/mol. The van der Waals surface area contributed by atoms with Gasteiger partial charge < -0.3 is 10.1 Å². The maximum absolute atomic E-state index is 11.3. The second-order valence-electron chi connectivity index (χ2n) is 5.89. The largest absolute Gasteiger partial charge is 0.478 e. The second kappa shape index (κ2) is 7.66. The Morgan fingerprint density at radius 3 is 2.76 bits per heavy atom. The Morgan fingerprint density at radius 1 is 1.20 bits per heavy atom. The number of H-pyrrole nitrogens is 1. The number of carboxylic acid groups (broad SMARTS) is 1. The molecular weight excluding hydrogens is 314 g/mol. The van der Waals surface area contributed by atoms with Gasteiger partial charge in [-0.05, 0) is 31.0 Å². The number of aryl methyl sites for hydroxylation is 1. The molecule has 3 N–H and O–H groups in total. The van der Waals surface area contributed by atoms with Gasteiger partial charge in [0, 0.05) is 22.2 Å². The van der Waals surface area contributed by atoms with Gasteiger partial charge in [0.1, 0.15) is 0 Å². The van der Waals surface area contributed by atoms with Gasteiger partial charge in [-0.15, -0.1) is 0 Å². The van der Waals surface area contributed by atoms with E-state index in [1.807, 2.05) is 12.1 Å². The van der Waals surface area contributed by atoms with Crippen molar-refractivity contribution < 1.29 is 9.90 Å². The molecule has 0 atom stereocenters. The first-order valence-electron chi connectivity index (χ1n) is 8.41. The number of aromatic amines is 1. The third-order valence-corrected chi connectivity index (χ3v) is 4.14. The fourth-order valence-electron chi connectivity index (χ4n) is 2.85. The zero-order valence-corrected chi connectivity index (χ0v) is 14.1. The quantitative estimate of drug-likeness (QED) is 0.434. The van der Waals surface area contributed by atoms with Crippen molar-refractivity contribution >= 4 is 28.8 Å². The van der Waals surface area contributed by atoms with Crippen LogP contribution in [0.4, 0.5) is 5.69 Å². The monoisotopic (exact) mass is 335 g/mol. The molecule has 2 aromatic carbocycles. The van der Waals surface area contributed by atoms with Crippen molar-refractivity contribution in [3.63, 3.8) is 0 Å². The fourth-order valence-corrected chi connectivity index (χ4v) is 2.85. The van der Waals surface area contributed by atoms with Crippen LogP contribution in [0.1, 0.15) is 41.4 Å². The first-order valence-corrected chi connectivity index (χ1v) is 8.41. The molecule has 0 saturated carbocycles. The van der Waals surface area contributed by atoms with Gasteiger partial charge in [-0.1, -0.05) is 43.7 Å². The number of aromatic carboxylic acids is 1. The minimum atomic E-state index is -0.978. The number of benzene rings is 2. The van der Waals surface area contributed by atoms with Gasteiger partial charge in [0.25, 0.3) is 0 Å². The minimum Gasteiger partial charge on any atom is -0.478 e. The van der Waals surface area contributed by atoms with Crippen molar-refractivity contribution in [2.75, 3.05) is 5.43 Å². The van der Waals surface area contributed by atoms with E-state index in [1.54, 1.807) is 30.5 Å². The molecule has 0 bridgehead atoms. The number of hydrogen-bond donors (Lipinski definition) is 3. The normalized spacial score (nSPS) is 11.2. The lowest BCUT2D eigenvalue weighted by molar-refractivity contribution is 0.0698. The summed E-state index contributed by atoms with van der Waals surface area (Å²) in [5.41, 5.74) is 6.81. The Bertz CT molecular complexity index is 912. The molecule has 0 saturated heterocycles. The summed E-state index contributed by atoms with van der Waals surface area (Å²) in [7, 11) is 0. The van der Waals surface area contributed by atoms with Crippen LogP contribution in [0.2, 0.25) is 0 Å². The molecule has 128 valence electrons. The zero-order valence-electron chi connectivity index (χ0n) is 14.1. The highest BCUT2D eigenvalue weighted by Gasteiger charge is 2.10. The van der Waals surface area contributed by atoms with Crippen molar-refractivity contribution in [3.8, 4) is 0 Å². The van der Waals surface area contributed by atoms with E-state index in [9.17, 15) is 9.90 Å². The van der Waals surface area contributed by atoms with E-state index in [2.05, 4.69) is 34.6 Å². The third-order valence-electron chi connectivity index (χ3n) is 4.14. The first-order chi connectivity index (χ1) is 12.2. The standard InChI is InChI=1S/C20H21N3O2/c1-2-3-10-18-16(14-8-4-6-11-17(14)22-18)13-21-23-19-12-7-5-9-15(19)20(24)25/h4-9,11-13,22-23H,2-3,10H2,1H3,(H,24,25)/b21-13-. The number of nitrogens with zero attached hydrogens (tertiary/aromatic N) is 1. The topological polar surface area (TPSA) is 77.5 Å². The minimum absolute atomic E-state index is 0.199. The molecule has 0 spiro atoms. The van der Waals surface area contributed by atoms with Crippen LogP contribution in [0.15, 0.2) is 53.6 Å². The van der Waals surface area contributed by atoms with Crippen molar-refractivity contribution in [3.05, 3.63) is 65.4 Å². The number of fused-ring (bicyclic) bond motifs is 1. The molecule has 1 aromatic heterocycles. The molecule has 5 heteroatoms. The number of nitrogens with one attached hydrogen (secondary N) is 2. The Labute approximate surface area is 146 Å². The number of carboxylic acids is 1. The molecule has 0 amide bonds. The van der Waals surface area contributed by atoms with Gasteiger partial charge in [0.15, 0.2) is 0 Å². The van der Waals surface area contributed by atoms with E-state index in [0.29, 0.717) is 5.69 Å². The number of anilines is 1. The van der Waals surface area contributed by atoms with Gasteiger partial charge in [0.05, 0.1) is 17.5 Å². The predicted molar refractivity (Wildman–Crippen MR) is 102 cm³/mol. The number of hydrazone groups is 1. The number of para-hydroxylation sites is 2. The Morgan fingerprint density at radius 2 is 1.96 bits per heavy atom. The molecular formula is C20H21N3O2. The van der Waals surface area contributed by atoms with Gasteiger partial charge >= 0.3 is 5.97 Å². The van der Waals surface area contributed by atoms with Crippen molar-refractivity contribution in [2.45, 2.75) is 26.2 Å². The summed E-state index contributed by atoms with van der Waals surface area (Å²) in [5.74, 6) is -0.978. The molecule has 0 aliphatic heterocycles. The lowest BCUT2D eigenvalue weighted by Gasteiger charge is -2.04. The van der Waals surface area contributed by atoms with E-state index in [1.165, 1.54) is 0 Å². The summed E-state index contributed by atoms with van der Waals surface area (Å²) in [4.78, 5) is 14.7. The summed E-state index contributed by atoms with van der Waals surface area (Å²) < 4.78 is 0. The smallest absolute Gasteiger partial charge is 0.337 e. The second-order valence-corrected chi connectivity index (χ2v) is 5.89. The summed E-state index contributed by atoms with van der Waals surface area (Å²) in [6.07, 6.45) is 4.94. The lowest BCUT2D eigenvalue weighted by atomic mass is 10.1. The van der Waals surface area contributed by atoms with Crippen LogP contribution in [-0.4, -0.2) is 22.3 Å². The van der Waals surface area contributed by atoms with Crippen LogP contribution in [0.5, 0.6) is 0 Å². The highest BCUT2D eigenvalue weighted by Crippen LogP contribution is 2.22. The van der Waals surface area contributed by atoms with Crippen LogP contribution >= 0.6 is 0 Å². The molecule has 0 unspecified atom stereocenters. The summed E-state index contributed by atoms with van der Waals surface area (Å²) in [6, 6.07) is 14.9. The molecule has 0 fully saturated rings. The number of carbonyl (C=O) groups is 1. The molecule has 25 heavy (non-hydrogen) atoms. The van der Waals surface area contributed by atoms with Crippen molar-refractivity contribution in [2.24, 2.45) is 5.10 Å². The number of hydrogen-bond acceptors (Lipinski definition) is 3. The summed E-state index contributed by atoms with van der Waals surface area (Å²) in [6.45, 7) is 2.17. The van der Waals surface area contributed by atoms with Gasteiger partial charge in [-0.2, -0.15) is 5.10 Å². The molecule has 1 heterocycles. The van der Waals surface area contributed by atoms with Crippen LogP contribution in [0.25, 0.3) is 10.9 Å². The van der Waals surface area contributed by atoms with E-state index in [4.69, 9.17) is 0 Å². The van der Waals surface area contributed by atoms with Gasteiger partial charge in [0.2, 0.25) is 0 Å². The average Bonchev–Trinajstić information content (AvgIpc) is 2.98. The molecule has 5 nitrogen and oxygen atoms in total. The van der Waals surface area contributed by atoms with E-state index in [0.717, 1.165) is 41.4 Å². The highest BCUT2D eigenvalue weighted by molar-refractivity contribution is 6.01. The van der Waals surface area contributed by atoms with Crippen LogP contribution in [0.3, 0.4) is 0 Å². The first kappa shape index (κ1) is 16.8. The van der Waals surface area contributed by atoms with Gasteiger partial charge in [-0.3, -0.25) is 5.43 Å². The van der Waals surface area contributed by atoms with Crippen LogP contribution in [-0.2, 0) is 6.42 Å². The van der Waals surface area contributed by atoms with E-state index in [-0.39, 0.29) is 5.56 Å². The third kappa shape index (κ3) is 3.71. The highest BCUT2D eigenvalue weighted by atomic mass is 16.4. The maximum atomic E-state index is 11.3. The Balaban J connectivity index is 1.89. The SMILES string of the molecule is CCCCc1[nH]c2ccccc2c1/C=N\Nc1ccccc1C(=O)O. The fraction of sp³-hybridized carbons (Fsp3) is 0.200. The zero-order chi connectivity index (χ0) is 17.6. The van der Waals surface area contributed by atoms with Crippen molar-refractivity contribution in [1.29, 1.82) is 0 Å². The van der Waals surface area contributed by atoms with E-state index >= 15 is 0 Å². The summed E-state index contributed by atoms with van der Waals surface area (Å²) in [5, 5.41) is 14.6. The number of aromatic nitrogens is 1. The van der Waals surface area contributed by atoms with Gasteiger partial charge in [-0.25, -0.2) is 4.79 Å². The molecule has 0 aliphatic rings. The maximum Gasteiger partial charge on any atom is 0.337 e. The van der Waals surface area contributed by atoms with Crippen molar-refractivity contribution in [1.82, 2.24) is 4.98 Å². The molecule has 3 aromatic rings. The molecule has 0 radical (unpaired) electrons. The van der Waals surface area contributed by atoms with E-state index < -0.39 is 5.97 Å². The Kier molecular flexibility index (Phi) is 5.14. The Hall–Kier alpha value is -3.08. The lowest BCUT2D eigenvalue weighted by Crippen LogP contribution is -2.02. The summed E-state index contributed by atoms with van der Waals surface area (Å²) >= 11 is 0. The number of unbranched alkanes of at least 4 members (excludes halogenated alkanes) is 1. The van der Waals surface area contributed by atoms with Crippen LogP contribution in [0, 0.1) is 0 Å².